The fraction of sp³-hybridized carbons (Fsp3) is 0.462. The monoisotopic (exact) mass is 330 g/mol. The van der Waals surface area contributed by atoms with Crippen molar-refractivity contribution in [2.45, 2.75) is 24.2 Å². The molecule has 0 bridgehead atoms. The van der Waals surface area contributed by atoms with E-state index in [-0.39, 0.29) is 16.8 Å². The molecule has 0 aliphatic carbocycles. The highest BCUT2D eigenvalue weighted by molar-refractivity contribution is 7.99. The summed E-state index contributed by atoms with van der Waals surface area (Å²) in [6.07, 6.45) is -1.47. The van der Waals surface area contributed by atoms with Crippen LogP contribution >= 0.6 is 11.8 Å². The zero-order valence-corrected chi connectivity index (χ0v) is 12.3. The molecule has 1 saturated heterocycles. The molecular formula is C13H13F3N4OS. The average Bonchev–Trinajstić information content (AvgIpc) is 3.13. The number of halogens is 3. The molecule has 3 heterocycles. The summed E-state index contributed by atoms with van der Waals surface area (Å²) >= 11 is 1.10. The number of carbonyl (C=O) groups is 1. The molecule has 2 aromatic heterocycles. The third-order valence-corrected chi connectivity index (χ3v) is 4.41. The van der Waals surface area contributed by atoms with Gasteiger partial charge in [-0.3, -0.25) is 9.20 Å². The molecule has 2 aromatic rings. The molecule has 9 heteroatoms. The Morgan fingerprint density at radius 3 is 2.64 bits per heavy atom. The quantitative estimate of drug-likeness (QED) is 0.811. The first kappa shape index (κ1) is 15.1. The zero-order valence-electron chi connectivity index (χ0n) is 11.5. The van der Waals surface area contributed by atoms with E-state index in [4.69, 9.17) is 0 Å². The molecule has 0 atom stereocenters. The number of hydrogen-bond donors (Lipinski definition) is 0. The van der Waals surface area contributed by atoms with E-state index in [1.54, 1.807) is 4.90 Å². The second kappa shape index (κ2) is 5.79. The highest BCUT2D eigenvalue weighted by Gasteiger charge is 2.31. The van der Waals surface area contributed by atoms with E-state index in [9.17, 15) is 18.0 Å². The number of hydrogen-bond acceptors (Lipinski definition) is 4. The fourth-order valence-corrected chi connectivity index (χ4v) is 3.14. The predicted molar refractivity (Wildman–Crippen MR) is 74.5 cm³/mol. The first-order valence-corrected chi connectivity index (χ1v) is 7.76. The molecule has 0 spiro atoms. The molecular weight excluding hydrogens is 317 g/mol. The number of thioether (sulfide) groups is 1. The topological polar surface area (TPSA) is 50.5 Å². The van der Waals surface area contributed by atoms with Crippen LogP contribution in [0.4, 0.5) is 13.2 Å². The van der Waals surface area contributed by atoms with Gasteiger partial charge in [0.15, 0.2) is 10.8 Å². The van der Waals surface area contributed by atoms with Crippen molar-refractivity contribution in [3.05, 3.63) is 23.9 Å². The second-order valence-corrected chi connectivity index (χ2v) is 5.95. The minimum Gasteiger partial charge on any atom is -0.342 e. The summed E-state index contributed by atoms with van der Waals surface area (Å²) in [5.41, 5.74) is -0.448. The molecule has 5 nitrogen and oxygen atoms in total. The van der Waals surface area contributed by atoms with Crippen molar-refractivity contribution in [1.82, 2.24) is 19.5 Å². The minimum absolute atomic E-state index is 0.0220. The highest BCUT2D eigenvalue weighted by atomic mass is 32.2. The van der Waals surface area contributed by atoms with Crippen LogP contribution in [0.3, 0.4) is 0 Å². The van der Waals surface area contributed by atoms with Crippen LogP contribution in [0.15, 0.2) is 23.5 Å². The SMILES string of the molecule is O=C(CSc1nnc2ccc(C(F)(F)F)cn12)N1CCCC1. The van der Waals surface area contributed by atoms with Crippen molar-refractivity contribution in [1.29, 1.82) is 0 Å². The third-order valence-electron chi connectivity index (χ3n) is 3.48. The lowest BCUT2D eigenvalue weighted by Gasteiger charge is -2.14. The second-order valence-electron chi connectivity index (χ2n) is 5.00. The minimum atomic E-state index is -4.42. The zero-order chi connectivity index (χ0) is 15.7. The van der Waals surface area contributed by atoms with Crippen molar-refractivity contribution < 1.29 is 18.0 Å². The van der Waals surface area contributed by atoms with Crippen LogP contribution in [0.25, 0.3) is 5.65 Å². The Morgan fingerprint density at radius 1 is 1.23 bits per heavy atom. The molecule has 22 heavy (non-hydrogen) atoms. The fourth-order valence-electron chi connectivity index (χ4n) is 2.32. The van der Waals surface area contributed by atoms with Gasteiger partial charge in [-0.25, -0.2) is 0 Å². The Labute approximate surface area is 128 Å². The van der Waals surface area contributed by atoms with Crippen LogP contribution < -0.4 is 0 Å². The summed E-state index contributed by atoms with van der Waals surface area (Å²) in [6, 6.07) is 2.23. The van der Waals surface area contributed by atoms with Gasteiger partial charge in [-0.1, -0.05) is 11.8 Å². The van der Waals surface area contributed by atoms with Crippen LogP contribution in [0.5, 0.6) is 0 Å². The van der Waals surface area contributed by atoms with Gasteiger partial charge in [0.2, 0.25) is 5.91 Å². The molecule has 0 saturated carbocycles. The largest absolute Gasteiger partial charge is 0.417 e. The van der Waals surface area contributed by atoms with Crippen molar-refractivity contribution in [3.8, 4) is 0 Å². The van der Waals surface area contributed by atoms with Gasteiger partial charge in [0.25, 0.3) is 0 Å². The number of aromatic nitrogens is 3. The molecule has 0 N–H and O–H groups in total. The van der Waals surface area contributed by atoms with E-state index in [0.29, 0.717) is 5.65 Å². The lowest BCUT2D eigenvalue weighted by atomic mass is 10.3. The van der Waals surface area contributed by atoms with Gasteiger partial charge >= 0.3 is 6.18 Å². The molecule has 118 valence electrons. The maximum Gasteiger partial charge on any atom is 0.417 e. The van der Waals surface area contributed by atoms with Gasteiger partial charge in [-0.15, -0.1) is 10.2 Å². The molecule has 1 aliphatic heterocycles. The van der Waals surface area contributed by atoms with Gasteiger partial charge in [-0.2, -0.15) is 13.2 Å². The van der Waals surface area contributed by atoms with Gasteiger partial charge < -0.3 is 4.90 Å². The summed E-state index contributed by atoms with van der Waals surface area (Å²) in [7, 11) is 0. The third kappa shape index (κ3) is 3.03. The Kier molecular flexibility index (Phi) is 3.98. The normalized spacial score (nSPS) is 15.7. The standard InChI is InChI=1S/C13H13F3N4OS/c14-13(15,16)9-3-4-10-17-18-12(20(10)7-9)22-8-11(21)19-5-1-2-6-19/h3-4,7H,1-2,5-6,8H2. The van der Waals surface area contributed by atoms with Crippen LogP contribution in [0, 0.1) is 0 Å². The maximum atomic E-state index is 12.8. The van der Waals surface area contributed by atoms with E-state index < -0.39 is 11.7 Å². The number of carbonyl (C=O) groups excluding carboxylic acids is 1. The Balaban J connectivity index is 1.77. The first-order valence-electron chi connectivity index (χ1n) is 6.78. The molecule has 1 amide bonds. The summed E-state index contributed by atoms with van der Waals surface area (Å²) in [5.74, 6) is 0.128. The Bertz CT molecular complexity index is 694. The Hall–Kier alpha value is -1.77. The van der Waals surface area contributed by atoms with Crippen LogP contribution in [-0.2, 0) is 11.0 Å². The van der Waals surface area contributed by atoms with Crippen molar-refractivity contribution >= 4 is 23.3 Å². The van der Waals surface area contributed by atoms with Crippen molar-refractivity contribution in [2.24, 2.45) is 0 Å². The van der Waals surface area contributed by atoms with Crippen molar-refractivity contribution in [3.63, 3.8) is 0 Å². The molecule has 1 fully saturated rings. The van der Waals surface area contributed by atoms with Crippen LogP contribution in [0.2, 0.25) is 0 Å². The van der Waals surface area contributed by atoms with Gasteiger partial charge in [0, 0.05) is 19.3 Å². The first-order chi connectivity index (χ1) is 10.4. The number of alkyl halides is 3. The highest BCUT2D eigenvalue weighted by Crippen LogP contribution is 2.30. The predicted octanol–water partition coefficient (Wildman–Crippen LogP) is 2.46. The number of nitrogens with zero attached hydrogens (tertiary/aromatic N) is 4. The summed E-state index contributed by atoms with van der Waals surface area (Å²) in [5, 5.41) is 7.96. The number of likely N-dealkylation sites (tertiary alicyclic amines) is 1. The molecule has 0 aromatic carbocycles. The van der Waals surface area contributed by atoms with Crippen LogP contribution in [-0.4, -0.2) is 44.2 Å². The van der Waals surface area contributed by atoms with E-state index >= 15 is 0 Å². The molecule has 1 aliphatic rings. The number of fused-ring (bicyclic) bond motifs is 1. The van der Waals surface area contributed by atoms with Crippen LogP contribution in [0.1, 0.15) is 18.4 Å². The lowest BCUT2D eigenvalue weighted by molar-refractivity contribution is -0.138. The molecule has 0 unspecified atom stereocenters. The summed E-state index contributed by atoms with van der Waals surface area (Å²) in [6.45, 7) is 1.50. The maximum absolute atomic E-state index is 12.8. The number of pyridine rings is 1. The number of amides is 1. The van der Waals surface area contributed by atoms with E-state index in [1.165, 1.54) is 10.5 Å². The lowest BCUT2D eigenvalue weighted by Crippen LogP contribution is -2.29. The van der Waals surface area contributed by atoms with E-state index in [2.05, 4.69) is 10.2 Å². The van der Waals surface area contributed by atoms with Gasteiger partial charge in [0.1, 0.15) is 0 Å². The smallest absolute Gasteiger partial charge is 0.342 e. The summed E-state index contributed by atoms with van der Waals surface area (Å²) in [4.78, 5) is 13.7. The van der Waals surface area contributed by atoms with Gasteiger partial charge in [0.05, 0.1) is 11.3 Å². The van der Waals surface area contributed by atoms with Gasteiger partial charge in [-0.05, 0) is 25.0 Å². The van der Waals surface area contributed by atoms with E-state index in [0.717, 1.165) is 50.0 Å². The number of rotatable bonds is 3. The average molecular weight is 330 g/mol. The van der Waals surface area contributed by atoms with E-state index in [1.807, 2.05) is 0 Å². The van der Waals surface area contributed by atoms with Crippen molar-refractivity contribution in [2.75, 3.05) is 18.8 Å². The summed E-state index contributed by atoms with van der Waals surface area (Å²) < 4.78 is 39.5. The Morgan fingerprint density at radius 2 is 1.95 bits per heavy atom. The molecule has 3 rings (SSSR count). The molecule has 0 radical (unpaired) electrons.